The second kappa shape index (κ2) is 12.0. The second-order valence-electron chi connectivity index (χ2n) is 8.31. The molecule has 0 aliphatic carbocycles. The molecule has 33 heavy (non-hydrogen) atoms. The lowest BCUT2D eigenvalue weighted by atomic mass is 10.0. The molecule has 0 spiro atoms. The number of Topliss-reactive ketones (excluding diaryl/α,β-unsaturated/α-hetero) is 1. The minimum Gasteiger partial charge on any atom is -0.356 e. The molecule has 1 aromatic heterocycles. The monoisotopic (exact) mass is 484 g/mol. The molecule has 0 bridgehead atoms. The van der Waals surface area contributed by atoms with E-state index >= 15 is 0 Å². The Morgan fingerprint density at radius 3 is 2.55 bits per heavy atom. The largest absolute Gasteiger partial charge is 0.356 e. The van der Waals surface area contributed by atoms with E-state index in [1.165, 1.54) is 24.2 Å². The van der Waals surface area contributed by atoms with Crippen LogP contribution in [0.25, 0.3) is 5.69 Å². The number of nitrogens with zero attached hydrogens (tertiary/aromatic N) is 3. The smallest absolute Gasteiger partial charge is 0.216 e. The first-order chi connectivity index (χ1) is 15.8. The Kier molecular flexibility index (Phi) is 9.09. The molecule has 8 heteroatoms. The molecule has 0 fully saturated rings. The van der Waals surface area contributed by atoms with Gasteiger partial charge in [-0.2, -0.15) is 0 Å². The minimum absolute atomic E-state index is 0.0453. The third-order valence-electron chi connectivity index (χ3n) is 4.97. The molecular weight excluding hydrogens is 456 g/mol. The maximum atomic E-state index is 12.8. The fourth-order valence-electron chi connectivity index (χ4n) is 3.45. The van der Waals surface area contributed by atoms with E-state index in [1.807, 2.05) is 53.1 Å². The molecule has 1 N–H and O–H groups in total. The van der Waals surface area contributed by atoms with E-state index in [1.54, 1.807) is 0 Å². The van der Waals surface area contributed by atoms with Crippen LogP contribution in [-0.2, 0) is 17.6 Å². The van der Waals surface area contributed by atoms with Gasteiger partial charge < -0.3 is 5.32 Å². The molecule has 3 rings (SSSR count). The maximum absolute atomic E-state index is 12.8. The summed E-state index contributed by atoms with van der Waals surface area (Å²) in [7, 11) is 0. The number of nitrogens with one attached hydrogen (secondary N) is 1. The molecule has 174 valence electrons. The Morgan fingerprint density at radius 1 is 1.12 bits per heavy atom. The molecular formula is C25H29ClN4O2S. The van der Waals surface area contributed by atoms with Gasteiger partial charge in [-0.25, -0.2) is 0 Å². The average Bonchev–Trinajstić information content (AvgIpc) is 3.18. The van der Waals surface area contributed by atoms with Crippen molar-refractivity contribution >= 4 is 35.1 Å². The summed E-state index contributed by atoms with van der Waals surface area (Å²) in [6.07, 6.45) is 2.35. The number of carbonyl (C=O) groups excluding carboxylic acids is 2. The van der Waals surface area contributed by atoms with Crippen molar-refractivity contribution in [2.45, 2.75) is 45.2 Å². The lowest BCUT2D eigenvalue weighted by Gasteiger charge is -2.11. The van der Waals surface area contributed by atoms with Crippen LogP contribution in [0.3, 0.4) is 0 Å². The number of hydrogen-bond acceptors (Lipinski definition) is 5. The summed E-state index contributed by atoms with van der Waals surface area (Å²) in [6, 6.07) is 15.3. The minimum atomic E-state index is -0.0571. The second-order valence-corrected chi connectivity index (χ2v) is 9.69. The maximum Gasteiger partial charge on any atom is 0.216 e. The van der Waals surface area contributed by atoms with Gasteiger partial charge in [0.1, 0.15) is 5.82 Å². The number of thioether (sulfide) groups is 1. The van der Waals surface area contributed by atoms with Crippen LogP contribution in [0, 0.1) is 5.92 Å². The van der Waals surface area contributed by atoms with Crippen molar-refractivity contribution in [1.29, 1.82) is 0 Å². The summed E-state index contributed by atoms with van der Waals surface area (Å²) in [5.41, 5.74) is 2.77. The van der Waals surface area contributed by atoms with E-state index in [4.69, 9.17) is 11.6 Å². The fourth-order valence-corrected chi connectivity index (χ4v) is 4.50. The average molecular weight is 485 g/mol. The Bertz CT molecular complexity index is 1100. The topological polar surface area (TPSA) is 76.9 Å². The molecule has 0 radical (unpaired) electrons. The molecule has 2 aromatic carbocycles. The standard InChI is InChI=1S/C25H29ClN4O2S/c1-17(2)14-19-9-11-20(12-10-19)23(32)16-33-25-29-28-24(8-5-13-27-18(3)31)30(25)22-7-4-6-21(26)15-22/h4,6-7,9-12,15,17H,5,8,13-14,16H2,1-3H3,(H,27,31). The van der Waals surface area contributed by atoms with Gasteiger partial charge in [0, 0.05) is 30.5 Å². The molecule has 3 aromatic rings. The summed E-state index contributed by atoms with van der Waals surface area (Å²) in [5.74, 6) is 1.58. The lowest BCUT2D eigenvalue weighted by Crippen LogP contribution is -2.21. The molecule has 0 saturated heterocycles. The van der Waals surface area contributed by atoms with Crippen LogP contribution >= 0.6 is 23.4 Å². The highest BCUT2D eigenvalue weighted by Gasteiger charge is 2.17. The summed E-state index contributed by atoms with van der Waals surface area (Å²) >= 11 is 7.57. The molecule has 1 heterocycles. The third-order valence-corrected chi connectivity index (χ3v) is 6.13. The number of aromatic nitrogens is 3. The van der Waals surface area contributed by atoms with Crippen molar-refractivity contribution in [3.8, 4) is 5.69 Å². The van der Waals surface area contributed by atoms with Crippen LogP contribution in [0.4, 0.5) is 0 Å². The Labute approximate surface area is 204 Å². The van der Waals surface area contributed by atoms with Gasteiger partial charge >= 0.3 is 0 Å². The highest BCUT2D eigenvalue weighted by atomic mass is 35.5. The van der Waals surface area contributed by atoms with Gasteiger partial charge in [-0.1, -0.05) is 67.5 Å². The van der Waals surface area contributed by atoms with Crippen LogP contribution in [0.2, 0.25) is 5.02 Å². The Morgan fingerprint density at radius 2 is 1.88 bits per heavy atom. The van der Waals surface area contributed by atoms with Crippen LogP contribution in [0.1, 0.15) is 48.9 Å². The first kappa shape index (κ1) is 25.0. The molecule has 6 nitrogen and oxygen atoms in total. The van der Waals surface area contributed by atoms with Gasteiger partial charge in [0.2, 0.25) is 5.91 Å². The van der Waals surface area contributed by atoms with Crippen LogP contribution in [0.5, 0.6) is 0 Å². The first-order valence-corrected chi connectivity index (χ1v) is 12.4. The zero-order valence-corrected chi connectivity index (χ0v) is 20.7. The number of rotatable bonds is 11. The van der Waals surface area contributed by atoms with E-state index in [0.29, 0.717) is 34.6 Å². The van der Waals surface area contributed by atoms with Crippen LogP contribution in [0.15, 0.2) is 53.7 Å². The highest BCUT2D eigenvalue weighted by molar-refractivity contribution is 7.99. The van der Waals surface area contributed by atoms with Gasteiger partial charge in [0.05, 0.1) is 11.4 Å². The third kappa shape index (κ3) is 7.44. The SMILES string of the molecule is CC(=O)NCCCc1nnc(SCC(=O)c2ccc(CC(C)C)cc2)n1-c1cccc(Cl)c1. The van der Waals surface area contributed by atoms with Gasteiger partial charge in [-0.15, -0.1) is 10.2 Å². The van der Waals surface area contributed by atoms with Gasteiger partial charge in [-0.3, -0.25) is 14.2 Å². The number of hydrogen-bond donors (Lipinski definition) is 1. The van der Waals surface area contributed by atoms with Crippen molar-refractivity contribution in [3.05, 3.63) is 70.5 Å². The fraction of sp³-hybridized carbons (Fsp3) is 0.360. The quantitative estimate of drug-likeness (QED) is 0.231. The molecule has 1 amide bonds. The lowest BCUT2D eigenvalue weighted by molar-refractivity contribution is -0.118. The normalized spacial score (nSPS) is 11.1. The van der Waals surface area contributed by atoms with E-state index in [9.17, 15) is 9.59 Å². The van der Waals surface area contributed by atoms with E-state index < -0.39 is 0 Å². The zero-order valence-electron chi connectivity index (χ0n) is 19.2. The van der Waals surface area contributed by atoms with Gasteiger partial charge in [0.25, 0.3) is 0 Å². The number of benzene rings is 2. The molecule has 0 aliphatic rings. The van der Waals surface area contributed by atoms with E-state index in [-0.39, 0.29) is 17.4 Å². The van der Waals surface area contributed by atoms with Crippen molar-refractivity contribution in [2.24, 2.45) is 5.92 Å². The predicted octanol–water partition coefficient (Wildman–Crippen LogP) is 5.16. The van der Waals surface area contributed by atoms with Gasteiger partial charge in [0.15, 0.2) is 10.9 Å². The summed E-state index contributed by atoms with van der Waals surface area (Å²) in [6.45, 7) is 6.42. The van der Waals surface area contributed by atoms with Gasteiger partial charge in [-0.05, 0) is 42.5 Å². The summed E-state index contributed by atoms with van der Waals surface area (Å²) in [4.78, 5) is 23.9. The molecule has 0 saturated carbocycles. The molecule has 0 atom stereocenters. The van der Waals surface area contributed by atoms with E-state index in [0.717, 1.165) is 24.4 Å². The molecule has 0 unspecified atom stereocenters. The first-order valence-electron chi connectivity index (χ1n) is 11.0. The van der Waals surface area contributed by atoms with Crippen molar-refractivity contribution < 1.29 is 9.59 Å². The number of halogens is 1. The van der Waals surface area contributed by atoms with Crippen molar-refractivity contribution in [3.63, 3.8) is 0 Å². The number of carbonyl (C=O) groups is 2. The summed E-state index contributed by atoms with van der Waals surface area (Å²) < 4.78 is 1.93. The zero-order chi connectivity index (χ0) is 23.8. The Balaban J connectivity index is 1.73. The number of ketones is 1. The summed E-state index contributed by atoms with van der Waals surface area (Å²) in [5, 5.41) is 12.7. The van der Waals surface area contributed by atoms with E-state index in [2.05, 4.69) is 29.4 Å². The molecule has 0 aliphatic heterocycles. The van der Waals surface area contributed by atoms with Crippen molar-refractivity contribution in [2.75, 3.05) is 12.3 Å². The predicted molar refractivity (Wildman–Crippen MR) is 133 cm³/mol. The van der Waals surface area contributed by atoms with Crippen molar-refractivity contribution in [1.82, 2.24) is 20.1 Å². The number of aryl methyl sites for hydroxylation is 1. The van der Waals surface area contributed by atoms with Crippen LogP contribution < -0.4 is 5.32 Å². The number of amides is 1. The Hall–Kier alpha value is -2.64. The highest BCUT2D eigenvalue weighted by Crippen LogP contribution is 2.25. The van der Waals surface area contributed by atoms with Crippen LogP contribution in [-0.4, -0.2) is 38.8 Å².